The Morgan fingerprint density at radius 1 is 1.00 bits per heavy atom. The van der Waals surface area contributed by atoms with Crippen LogP contribution in [0.5, 0.6) is 5.75 Å². The number of benzene rings is 1. The molecule has 11 N–H and O–H groups in total. The number of hydrogen-bond donors (Lipinski definition) is 6. The highest BCUT2D eigenvalue weighted by Crippen LogP contribution is 2.19. The second kappa shape index (κ2) is 10.5. The fourth-order valence-corrected chi connectivity index (χ4v) is 1.61. The lowest BCUT2D eigenvalue weighted by Gasteiger charge is -2.05. The van der Waals surface area contributed by atoms with Gasteiger partial charge in [0.25, 0.3) is 0 Å². The van der Waals surface area contributed by atoms with Gasteiger partial charge in [0.1, 0.15) is 11.6 Å². The maximum Gasteiger partial charge on any atom is 0.312 e. The van der Waals surface area contributed by atoms with Gasteiger partial charge in [-0.2, -0.15) is 0 Å². The molecule has 0 aliphatic carbocycles. The van der Waals surface area contributed by atoms with E-state index in [0.29, 0.717) is 22.9 Å². The number of rotatable bonds is 5. The van der Waals surface area contributed by atoms with Crippen molar-refractivity contribution in [2.75, 3.05) is 35.6 Å². The van der Waals surface area contributed by atoms with Gasteiger partial charge in [-0.3, -0.25) is 9.59 Å². The number of pyridine rings is 1. The summed E-state index contributed by atoms with van der Waals surface area (Å²) in [6.07, 6.45) is 0.203. The SMILES string of the molecule is NCC(=O)Nc1ccc(N)c(N)n1.NCCC(=O)Oc1ccccc1N. The molecule has 0 saturated heterocycles. The van der Waals surface area contributed by atoms with Crippen LogP contribution in [0.2, 0.25) is 0 Å². The lowest BCUT2D eigenvalue weighted by atomic mass is 10.3. The highest BCUT2D eigenvalue weighted by Gasteiger charge is 2.05. The first-order valence-corrected chi connectivity index (χ1v) is 7.64. The van der Waals surface area contributed by atoms with Gasteiger partial charge in [-0.1, -0.05) is 12.1 Å². The van der Waals surface area contributed by atoms with Crippen molar-refractivity contribution in [3.63, 3.8) is 0 Å². The zero-order valence-corrected chi connectivity index (χ0v) is 14.1. The summed E-state index contributed by atoms with van der Waals surface area (Å²) in [6, 6.07) is 9.96. The Hall–Kier alpha value is -3.37. The lowest BCUT2D eigenvalue weighted by Crippen LogP contribution is -2.22. The summed E-state index contributed by atoms with van der Waals surface area (Å²) in [7, 11) is 0. The number of hydrogen-bond acceptors (Lipinski definition) is 9. The number of nitrogens with zero attached hydrogens (tertiary/aromatic N) is 1. The van der Waals surface area contributed by atoms with Crippen molar-refractivity contribution in [2.45, 2.75) is 6.42 Å². The molecular weight excluding hydrogens is 338 g/mol. The number of aromatic nitrogens is 1. The number of ether oxygens (including phenoxy) is 1. The van der Waals surface area contributed by atoms with Crippen LogP contribution in [0.25, 0.3) is 0 Å². The zero-order chi connectivity index (χ0) is 19.5. The van der Waals surface area contributed by atoms with Crippen LogP contribution >= 0.6 is 0 Å². The summed E-state index contributed by atoms with van der Waals surface area (Å²) < 4.78 is 4.94. The fraction of sp³-hybridized carbons (Fsp3) is 0.188. The van der Waals surface area contributed by atoms with Gasteiger partial charge in [-0.15, -0.1) is 0 Å². The van der Waals surface area contributed by atoms with E-state index in [1.807, 2.05) is 0 Å². The standard InChI is InChI=1S/C9H12N2O2.C7H11N5O/c10-6-5-9(12)13-8-4-2-1-3-7(8)11;8-3-6(13)11-5-2-1-4(9)7(10)12-5/h1-4H,5-6,10-11H2;1-2H,3,8-9H2,(H3,10,11,12,13). The van der Waals surface area contributed by atoms with Gasteiger partial charge < -0.3 is 38.7 Å². The highest BCUT2D eigenvalue weighted by molar-refractivity contribution is 5.91. The summed E-state index contributed by atoms with van der Waals surface area (Å²) >= 11 is 0. The first-order chi connectivity index (χ1) is 12.4. The zero-order valence-electron chi connectivity index (χ0n) is 14.1. The van der Waals surface area contributed by atoms with Crippen molar-refractivity contribution in [3.05, 3.63) is 36.4 Å². The molecule has 1 amide bonds. The molecule has 140 valence electrons. The molecule has 1 aromatic heterocycles. The van der Waals surface area contributed by atoms with Gasteiger partial charge in [0.2, 0.25) is 5.91 Å². The Morgan fingerprint density at radius 2 is 1.69 bits per heavy atom. The minimum atomic E-state index is -0.361. The number of para-hydroxylation sites is 2. The molecule has 0 aliphatic rings. The van der Waals surface area contributed by atoms with E-state index in [4.69, 9.17) is 33.4 Å². The van der Waals surface area contributed by atoms with Crippen LogP contribution < -0.4 is 38.7 Å². The Kier molecular flexibility index (Phi) is 8.34. The van der Waals surface area contributed by atoms with Crippen molar-refractivity contribution >= 4 is 34.9 Å². The van der Waals surface area contributed by atoms with E-state index in [1.54, 1.807) is 36.4 Å². The number of carbonyl (C=O) groups is 2. The Labute approximate surface area is 150 Å². The van der Waals surface area contributed by atoms with Crippen LogP contribution in [0.1, 0.15) is 6.42 Å². The predicted molar refractivity (Wildman–Crippen MR) is 101 cm³/mol. The molecule has 2 rings (SSSR count). The van der Waals surface area contributed by atoms with Crippen molar-refractivity contribution < 1.29 is 14.3 Å². The van der Waals surface area contributed by atoms with E-state index in [0.717, 1.165) is 0 Å². The van der Waals surface area contributed by atoms with E-state index in [9.17, 15) is 9.59 Å². The minimum Gasteiger partial charge on any atom is -0.424 e. The van der Waals surface area contributed by atoms with E-state index in [2.05, 4.69) is 10.3 Å². The van der Waals surface area contributed by atoms with Crippen LogP contribution in [0.15, 0.2) is 36.4 Å². The van der Waals surface area contributed by atoms with Gasteiger partial charge >= 0.3 is 5.97 Å². The minimum absolute atomic E-state index is 0.0913. The topological polar surface area (TPSA) is 198 Å². The van der Waals surface area contributed by atoms with Crippen molar-refractivity contribution in [1.82, 2.24) is 4.98 Å². The molecule has 26 heavy (non-hydrogen) atoms. The number of nitrogens with two attached hydrogens (primary N) is 5. The van der Waals surface area contributed by atoms with Crippen LogP contribution in [-0.2, 0) is 9.59 Å². The summed E-state index contributed by atoms with van der Waals surface area (Å²) in [5, 5.41) is 2.45. The third kappa shape index (κ3) is 7.03. The molecule has 0 atom stereocenters. The molecule has 0 bridgehead atoms. The molecule has 0 radical (unpaired) electrons. The molecule has 0 spiro atoms. The monoisotopic (exact) mass is 361 g/mol. The van der Waals surface area contributed by atoms with E-state index in [-0.39, 0.29) is 37.2 Å². The molecule has 0 aliphatic heterocycles. The average Bonchev–Trinajstić information content (AvgIpc) is 2.61. The third-order valence-electron chi connectivity index (χ3n) is 2.90. The Bertz CT molecular complexity index is 752. The molecule has 0 saturated carbocycles. The lowest BCUT2D eigenvalue weighted by molar-refractivity contribution is -0.134. The predicted octanol–water partition coefficient (Wildman–Crippen LogP) is -0.334. The van der Waals surface area contributed by atoms with Gasteiger partial charge in [0.05, 0.1) is 24.3 Å². The van der Waals surface area contributed by atoms with Gasteiger partial charge in [-0.25, -0.2) is 4.98 Å². The summed E-state index contributed by atoms with van der Waals surface area (Å²) in [6.45, 7) is 0.192. The van der Waals surface area contributed by atoms with Crippen LogP contribution in [0.3, 0.4) is 0 Å². The molecule has 10 nitrogen and oxygen atoms in total. The molecule has 1 heterocycles. The van der Waals surface area contributed by atoms with Crippen LogP contribution in [0.4, 0.5) is 23.0 Å². The Balaban J connectivity index is 0.000000260. The average molecular weight is 361 g/mol. The van der Waals surface area contributed by atoms with Crippen molar-refractivity contribution in [3.8, 4) is 5.75 Å². The number of nitrogen functional groups attached to an aromatic ring is 3. The number of esters is 1. The fourth-order valence-electron chi connectivity index (χ4n) is 1.61. The van der Waals surface area contributed by atoms with E-state index < -0.39 is 0 Å². The third-order valence-corrected chi connectivity index (χ3v) is 2.90. The molecule has 0 fully saturated rings. The first kappa shape index (κ1) is 20.7. The molecule has 1 aromatic carbocycles. The highest BCUT2D eigenvalue weighted by atomic mass is 16.5. The van der Waals surface area contributed by atoms with Crippen LogP contribution in [-0.4, -0.2) is 29.9 Å². The number of carbonyl (C=O) groups excluding carboxylic acids is 2. The van der Waals surface area contributed by atoms with Crippen molar-refractivity contribution in [1.29, 1.82) is 0 Å². The normalized spacial score (nSPS) is 9.62. The Morgan fingerprint density at radius 3 is 2.27 bits per heavy atom. The van der Waals surface area contributed by atoms with E-state index >= 15 is 0 Å². The molecule has 10 heteroatoms. The van der Waals surface area contributed by atoms with Gasteiger partial charge in [-0.05, 0) is 24.3 Å². The largest absolute Gasteiger partial charge is 0.424 e. The van der Waals surface area contributed by atoms with Crippen LogP contribution in [0, 0.1) is 0 Å². The second-order valence-corrected chi connectivity index (χ2v) is 4.97. The number of amides is 1. The van der Waals surface area contributed by atoms with Crippen molar-refractivity contribution in [2.24, 2.45) is 11.5 Å². The van der Waals surface area contributed by atoms with Gasteiger partial charge in [0.15, 0.2) is 5.75 Å². The summed E-state index contributed by atoms with van der Waals surface area (Å²) in [5.41, 5.74) is 27.5. The maximum absolute atomic E-state index is 11.0. The molecular formula is C16H23N7O3. The molecule has 2 aromatic rings. The molecule has 0 unspecified atom stereocenters. The quantitative estimate of drug-likeness (QED) is 0.234. The smallest absolute Gasteiger partial charge is 0.312 e. The second-order valence-electron chi connectivity index (χ2n) is 4.97. The summed E-state index contributed by atoms with van der Waals surface area (Å²) in [5.74, 6) is 0.245. The summed E-state index contributed by atoms with van der Waals surface area (Å²) in [4.78, 5) is 25.7. The number of anilines is 4. The van der Waals surface area contributed by atoms with E-state index in [1.165, 1.54) is 0 Å². The first-order valence-electron chi connectivity index (χ1n) is 7.64. The van der Waals surface area contributed by atoms with Gasteiger partial charge in [0, 0.05) is 6.54 Å². The number of nitrogens with one attached hydrogen (secondary N) is 1. The maximum atomic E-state index is 11.0.